The van der Waals surface area contributed by atoms with Gasteiger partial charge in [0, 0.05) is 10.8 Å². The Hall–Kier alpha value is -0.900. The SMILES string of the molecule is C[C@H]1C[C@H]1C(=O)Nc1nc2c(s1)CCCC2. The Labute approximate surface area is 99.3 Å². The molecule has 0 bridgehead atoms. The third kappa shape index (κ3) is 1.86. The minimum absolute atomic E-state index is 0.165. The van der Waals surface area contributed by atoms with Gasteiger partial charge >= 0.3 is 0 Å². The number of nitrogens with zero attached hydrogens (tertiary/aromatic N) is 1. The van der Waals surface area contributed by atoms with Crippen LogP contribution in [0.2, 0.25) is 0 Å². The molecule has 3 nitrogen and oxygen atoms in total. The smallest absolute Gasteiger partial charge is 0.229 e. The van der Waals surface area contributed by atoms with Crippen LogP contribution in [0.4, 0.5) is 5.13 Å². The van der Waals surface area contributed by atoms with Gasteiger partial charge in [-0.3, -0.25) is 4.79 Å². The molecule has 2 aliphatic carbocycles. The molecule has 16 heavy (non-hydrogen) atoms. The maximum absolute atomic E-state index is 11.8. The van der Waals surface area contributed by atoms with Gasteiger partial charge in [0.1, 0.15) is 0 Å². The van der Waals surface area contributed by atoms with Crippen LogP contribution in [0.1, 0.15) is 36.8 Å². The van der Waals surface area contributed by atoms with E-state index in [0.717, 1.165) is 24.4 Å². The molecule has 1 fully saturated rings. The van der Waals surface area contributed by atoms with Crippen LogP contribution < -0.4 is 5.32 Å². The Morgan fingerprint density at radius 2 is 2.19 bits per heavy atom. The highest BCUT2D eigenvalue weighted by atomic mass is 32.1. The largest absolute Gasteiger partial charge is 0.302 e. The normalized spacial score (nSPS) is 27.3. The summed E-state index contributed by atoms with van der Waals surface area (Å²) < 4.78 is 0. The molecule has 0 radical (unpaired) electrons. The third-order valence-electron chi connectivity index (χ3n) is 3.52. The minimum atomic E-state index is 0.165. The number of hydrogen-bond acceptors (Lipinski definition) is 3. The van der Waals surface area contributed by atoms with Gasteiger partial charge in [-0.2, -0.15) is 0 Å². The van der Waals surface area contributed by atoms with E-state index in [1.165, 1.54) is 23.4 Å². The van der Waals surface area contributed by atoms with Crippen molar-refractivity contribution in [3.63, 3.8) is 0 Å². The Morgan fingerprint density at radius 1 is 1.44 bits per heavy atom. The summed E-state index contributed by atoms with van der Waals surface area (Å²) in [6.07, 6.45) is 5.77. The number of nitrogens with one attached hydrogen (secondary N) is 1. The van der Waals surface area contributed by atoms with Crippen LogP contribution in [0.25, 0.3) is 0 Å². The molecule has 0 unspecified atom stereocenters. The number of carbonyl (C=O) groups is 1. The molecule has 4 heteroatoms. The van der Waals surface area contributed by atoms with E-state index in [1.807, 2.05) is 0 Å². The second-order valence-corrected chi connectivity index (χ2v) is 5.99. The van der Waals surface area contributed by atoms with E-state index in [0.29, 0.717) is 5.92 Å². The predicted octanol–water partition coefficient (Wildman–Crippen LogP) is 2.62. The van der Waals surface area contributed by atoms with E-state index in [1.54, 1.807) is 11.3 Å². The molecule has 1 heterocycles. The van der Waals surface area contributed by atoms with Crippen molar-refractivity contribution in [1.29, 1.82) is 0 Å². The molecule has 3 rings (SSSR count). The van der Waals surface area contributed by atoms with Gasteiger partial charge < -0.3 is 5.32 Å². The summed E-state index contributed by atoms with van der Waals surface area (Å²) in [7, 11) is 0. The van der Waals surface area contributed by atoms with E-state index < -0.39 is 0 Å². The fourth-order valence-electron chi connectivity index (χ4n) is 2.29. The molecule has 1 amide bonds. The highest BCUT2D eigenvalue weighted by Gasteiger charge is 2.39. The Balaban J connectivity index is 1.70. The van der Waals surface area contributed by atoms with Crippen LogP contribution >= 0.6 is 11.3 Å². The number of amides is 1. The number of carbonyl (C=O) groups excluding carboxylic acids is 1. The molecule has 2 aliphatic rings. The van der Waals surface area contributed by atoms with Gasteiger partial charge in [0.15, 0.2) is 5.13 Å². The van der Waals surface area contributed by atoms with Crippen molar-refractivity contribution in [2.75, 3.05) is 5.32 Å². The van der Waals surface area contributed by atoms with Gasteiger partial charge in [-0.25, -0.2) is 4.98 Å². The molecule has 1 N–H and O–H groups in total. The second-order valence-electron chi connectivity index (χ2n) is 4.90. The first kappa shape index (κ1) is 10.3. The van der Waals surface area contributed by atoms with E-state index in [2.05, 4.69) is 17.2 Å². The van der Waals surface area contributed by atoms with E-state index in [-0.39, 0.29) is 11.8 Å². The van der Waals surface area contributed by atoms with Crippen LogP contribution in [0.3, 0.4) is 0 Å². The number of anilines is 1. The highest BCUT2D eigenvalue weighted by Crippen LogP contribution is 2.39. The van der Waals surface area contributed by atoms with Crippen molar-refractivity contribution >= 4 is 22.4 Å². The maximum Gasteiger partial charge on any atom is 0.229 e. The maximum atomic E-state index is 11.8. The van der Waals surface area contributed by atoms with Crippen LogP contribution in [0.15, 0.2) is 0 Å². The zero-order valence-electron chi connectivity index (χ0n) is 9.45. The zero-order valence-corrected chi connectivity index (χ0v) is 10.3. The number of hydrogen-bond donors (Lipinski definition) is 1. The van der Waals surface area contributed by atoms with Crippen molar-refractivity contribution in [1.82, 2.24) is 4.98 Å². The Bertz CT molecular complexity index is 403. The first-order chi connectivity index (χ1) is 7.74. The monoisotopic (exact) mass is 236 g/mol. The summed E-state index contributed by atoms with van der Waals surface area (Å²) in [6, 6.07) is 0. The fraction of sp³-hybridized carbons (Fsp3) is 0.667. The predicted molar refractivity (Wildman–Crippen MR) is 64.7 cm³/mol. The number of thiazole rings is 1. The van der Waals surface area contributed by atoms with Gasteiger partial charge in [-0.05, 0) is 38.0 Å². The lowest BCUT2D eigenvalue weighted by Crippen LogP contribution is -2.14. The molecule has 0 aromatic carbocycles. The van der Waals surface area contributed by atoms with Gasteiger partial charge in [-0.15, -0.1) is 11.3 Å². The molecule has 0 aliphatic heterocycles. The van der Waals surface area contributed by atoms with Crippen LogP contribution in [-0.4, -0.2) is 10.9 Å². The standard InChI is InChI=1S/C12H16N2OS/c1-7-6-8(7)11(15)14-12-13-9-4-2-3-5-10(9)16-12/h7-8H,2-6H2,1H3,(H,13,14,15)/t7-,8+/m0/s1. The lowest BCUT2D eigenvalue weighted by atomic mass is 10.0. The summed E-state index contributed by atoms with van der Waals surface area (Å²) in [5.74, 6) is 0.967. The Morgan fingerprint density at radius 3 is 2.88 bits per heavy atom. The number of aryl methyl sites for hydroxylation is 2. The van der Waals surface area contributed by atoms with E-state index in [4.69, 9.17) is 0 Å². The van der Waals surface area contributed by atoms with Crippen molar-refractivity contribution in [3.05, 3.63) is 10.6 Å². The number of rotatable bonds is 2. The third-order valence-corrected chi connectivity index (χ3v) is 4.59. The van der Waals surface area contributed by atoms with Gasteiger partial charge in [0.2, 0.25) is 5.91 Å². The Kier molecular flexibility index (Phi) is 2.46. The average molecular weight is 236 g/mol. The summed E-state index contributed by atoms with van der Waals surface area (Å²) in [6.45, 7) is 2.12. The van der Waals surface area contributed by atoms with E-state index in [9.17, 15) is 4.79 Å². The van der Waals surface area contributed by atoms with Crippen LogP contribution in [-0.2, 0) is 17.6 Å². The summed E-state index contributed by atoms with van der Waals surface area (Å²) >= 11 is 1.67. The summed E-state index contributed by atoms with van der Waals surface area (Å²) in [5.41, 5.74) is 1.22. The van der Waals surface area contributed by atoms with Gasteiger partial charge in [-0.1, -0.05) is 6.92 Å². The van der Waals surface area contributed by atoms with Crippen molar-refractivity contribution < 1.29 is 4.79 Å². The molecule has 1 aromatic rings. The number of aromatic nitrogens is 1. The molecule has 0 saturated heterocycles. The second kappa shape index (κ2) is 3.84. The van der Waals surface area contributed by atoms with Crippen LogP contribution in [0, 0.1) is 11.8 Å². The molecule has 0 spiro atoms. The fourth-order valence-corrected chi connectivity index (χ4v) is 3.34. The topological polar surface area (TPSA) is 42.0 Å². The quantitative estimate of drug-likeness (QED) is 0.857. The van der Waals surface area contributed by atoms with Crippen LogP contribution in [0.5, 0.6) is 0 Å². The summed E-state index contributed by atoms with van der Waals surface area (Å²) in [4.78, 5) is 17.6. The molecule has 1 saturated carbocycles. The molecular weight excluding hydrogens is 220 g/mol. The van der Waals surface area contributed by atoms with Crippen molar-refractivity contribution in [3.8, 4) is 0 Å². The lowest BCUT2D eigenvalue weighted by Gasteiger charge is -2.06. The molecule has 2 atom stereocenters. The highest BCUT2D eigenvalue weighted by molar-refractivity contribution is 7.15. The van der Waals surface area contributed by atoms with Crippen molar-refractivity contribution in [2.24, 2.45) is 11.8 Å². The van der Waals surface area contributed by atoms with E-state index >= 15 is 0 Å². The molecular formula is C12H16N2OS. The summed E-state index contributed by atoms with van der Waals surface area (Å²) in [5, 5.41) is 3.78. The lowest BCUT2D eigenvalue weighted by molar-refractivity contribution is -0.117. The van der Waals surface area contributed by atoms with Crippen molar-refractivity contribution in [2.45, 2.75) is 39.0 Å². The zero-order chi connectivity index (χ0) is 11.1. The number of fused-ring (bicyclic) bond motifs is 1. The first-order valence-electron chi connectivity index (χ1n) is 6.03. The first-order valence-corrected chi connectivity index (χ1v) is 6.85. The molecule has 86 valence electrons. The van der Waals surface area contributed by atoms with Gasteiger partial charge in [0.25, 0.3) is 0 Å². The average Bonchev–Trinajstić information content (AvgIpc) is 2.87. The minimum Gasteiger partial charge on any atom is -0.302 e. The molecule has 1 aromatic heterocycles. The van der Waals surface area contributed by atoms with Gasteiger partial charge in [0.05, 0.1) is 5.69 Å².